The summed E-state index contributed by atoms with van der Waals surface area (Å²) < 4.78 is 1.28. The van der Waals surface area contributed by atoms with Crippen molar-refractivity contribution in [2.75, 3.05) is 33.7 Å². The second-order valence-electron chi connectivity index (χ2n) is 11.0. The Kier molecular flexibility index (Phi) is 7.66. The fraction of sp³-hybridized carbons (Fsp3) is 0.708. The lowest BCUT2D eigenvalue weighted by Crippen LogP contribution is -2.66. The summed E-state index contributed by atoms with van der Waals surface area (Å²) in [6, 6.07) is -0.777. The van der Waals surface area contributed by atoms with Crippen LogP contribution in [0, 0.1) is 11.8 Å². The highest BCUT2D eigenvalue weighted by Gasteiger charge is 2.60. The minimum atomic E-state index is -1.14. The van der Waals surface area contributed by atoms with Crippen LogP contribution in [0.1, 0.15) is 26.7 Å². The minimum Gasteiger partial charge on any atom is -0.477 e. The lowest BCUT2D eigenvalue weighted by atomic mass is 9.78. The van der Waals surface area contributed by atoms with E-state index in [0.29, 0.717) is 23.9 Å². The number of aromatic nitrogens is 4. The van der Waals surface area contributed by atoms with Crippen molar-refractivity contribution in [2.24, 2.45) is 11.8 Å². The Balaban J connectivity index is 1.22. The van der Waals surface area contributed by atoms with E-state index in [-0.39, 0.29) is 53.2 Å². The average Bonchev–Trinajstić information content (AvgIpc) is 3.67. The molecule has 0 radical (unpaired) electrons. The quantitative estimate of drug-likeness (QED) is 0.303. The smallest absolute Gasteiger partial charge is 0.353 e. The molecule has 1 aromatic rings. The van der Waals surface area contributed by atoms with Crippen LogP contribution in [0.5, 0.6) is 0 Å². The fourth-order valence-corrected chi connectivity index (χ4v) is 7.71. The highest BCUT2D eigenvalue weighted by Crippen LogP contribution is 2.51. The highest BCUT2D eigenvalue weighted by molar-refractivity contribution is 8.03. The van der Waals surface area contributed by atoms with E-state index < -0.39 is 17.9 Å². The molecule has 5 heterocycles. The molecule has 0 aromatic carbocycles. The molecule has 15 heteroatoms. The number of carbonyl (C=O) groups is 4. The van der Waals surface area contributed by atoms with Crippen molar-refractivity contribution in [3.63, 3.8) is 0 Å². The van der Waals surface area contributed by atoms with Crippen LogP contribution in [-0.2, 0) is 25.7 Å². The predicted molar refractivity (Wildman–Crippen MR) is 140 cm³/mol. The number of carboxylic acid groups (broad SMARTS) is 1. The topological polar surface area (TPSA) is 166 Å². The summed E-state index contributed by atoms with van der Waals surface area (Å²) in [5.41, 5.74) is 0.0223. The molecule has 3 fully saturated rings. The van der Waals surface area contributed by atoms with Crippen LogP contribution in [0.15, 0.2) is 16.9 Å². The van der Waals surface area contributed by atoms with Crippen LogP contribution >= 0.6 is 11.8 Å². The average molecular weight is 562 g/mol. The summed E-state index contributed by atoms with van der Waals surface area (Å²) in [5.74, 6) is -2.44. The van der Waals surface area contributed by atoms with Gasteiger partial charge in [0.1, 0.15) is 18.6 Å². The second kappa shape index (κ2) is 10.8. The zero-order chi connectivity index (χ0) is 28.0. The lowest BCUT2D eigenvalue weighted by molar-refractivity contribution is -0.158. The molecule has 0 bridgehead atoms. The Labute approximate surface area is 230 Å². The van der Waals surface area contributed by atoms with Gasteiger partial charge in [-0.3, -0.25) is 14.4 Å². The van der Waals surface area contributed by atoms with Crippen molar-refractivity contribution in [2.45, 2.75) is 62.7 Å². The number of likely N-dealkylation sites (tertiary alicyclic amines) is 1. The van der Waals surface area contributed by atoms with Gasteiger partial charge in [-0.2, -0.15) is 0 Å². The van der Waals surface area contributed by atoms with E-state index >= 15 is 0 Å². The zero-order valence-electron chi connectivity index (χ0n) is 22.5. The SMILES string of the molecule is C[C@@H](NC(=O)Cn1cnnn1)[C@H]1C(=O)N2C(C(=O)O)=C(SC3CNC(C(=O)N4CCC(N(C)C)C4)C3)[C@H](C)[C@@H]12. The number of carboxylic acids is 1. The number of hydrogen-bond acceptors (Lipinski definition) is 10. The van der Waals surface area contributed by atoms with Crippen molar-refractivity contribution < 1.29 is 24.3 Å². The van der Waals surface area contributed by atoms with E-state index in [1.54, 1.807) is 6.92 Å². The Morgan fingerprint density at radius 3 is 2.74 bits per heavy atom. The van der Waals surface area contributed by atoms with Gasteiger partial charge in [-0.1, -0.05) is 6.92 Å². The van der Waals surface area contributed by atoms with Gasteiger partial charge >= 0.3 is 5.97 Å². The summed E-state index contributed by atoms with van der Waals surface area (Å²) in [5, 5.41) is 26.9. The minimum absolute atomic E-state index is 0.0127. The van der Waals surface area contributed by atoms with Gasteiger partial charge in [-0.25, -0.2) is 9.48 Å². The number of carbonyl (C=O) groups excluding carboxylic acids is 3. The molecule has 0 spiro atoms. The maximum absolute atomic E-state index is 13.2. The van der Waals surface area contributed by atoms with Gasteiger partial charge < -0.3 is 30.4 Å². The Hall–Kier alpha value is -3.04. The van der Waals surface area contributed by atoms with E-state index in [4.69, 9.17) is 0 Å². The first-order valence-electron chi connectivity index (χ1n) is 13.2. The standard InChI is InChI=1S/C24H35N9O5S/c1-12-19-18(13(2)27-17(34)10-32-11-26-28-29-32)23(36)33(19)20(24(37)38)21(12)39-15-7-16(25-8-15)22(35)31-6-5-14(9-31)30(3)4/h11-16,18-19,25H,5-10H2,1-4H3,(H,27,34)(H,37,38)/t12-,13-,14?,15?,16?,18-,19+/m1/s1. The summed E-state index contributed by atoms with van der Waals surface area (Å²) in [4.78, 5) is 57.1. The molecule has 0 aliphatic carbocycles. The molecular formula is C24H35N9O5S. The highest BCUT2D eigenvalue weighted by atomic mass is 32.2. The van der Waals surface area contributed by atoms with E-state index in [2.05, 4.69) is 31.1 Å². The summed E-state index contributed by atoms with van der Waals surface area (Å²) in [6.07, 6.45) is 2.88. The third kappa shape index (κ3) is 5.14. The molecule has 0 saturated carbocycles. The molecule has 14 nitrogen and oxygen atoms in total. The molecule has 5 rings (SSSR count). The Morgan fingerprint density at radius 2 is 2.10 bits per heavy atom. The van der Waals surface area contributed by atoms with Gasteiger partial charge in [0, 0.05) is 47.8 Å². The molecule has 7 atom stereocenters. The first-order chi connectivity index (χ1) is 18.6. The largest absolute Gasteiger partial charge is 0.477 e. The first kappa shape index (κ1) is 27.5. The van der Waals surface area contributed by atoms with E-state index in [9.17, 15) is 24.3 Å². The number of amides is 3. The van der Waals surface area contributed by atoms with Crippen molar-refractivity contribution in [3.05, 3.63) is 16.9 Å². The monoisotopic (exact) mass is 561 g/mol. The fourth-order valence-electron chi connectivity index (χ4n) is 6.23. The summed E-state index contributed by atoms with van der Waals surface area (Å²) in [6.45, 7) is 5.66. The number of thioether (sulfide) groups is 1. The molecule has 4 aliphatic rings. The molecule has 3 amide bonds. The van der Waals surface area contributed by atoms with E-state index in [0.717, 1.165) is 19.5 Å². The van der Waals surface area contributed by atoms with Crippen LogP contribution < -0.4 is 10.6 Å². The number of aliphatic carboxylic acids is 1. The Morgan fingerprint density at radius 1 is 1.33 bits per heavy atom. The summed E-state index contributed by atoms with van der Waals surface area (Å²) >= 11 is 1.46. The van der Waals surface area contributed by atoms with E-state index in [1.165, 1.54) is 27.7 Å². The molecule has 3 N–H and O–H groups in total. The van der Waals surface area contributed by atoms with Crippen LogP contribution in [0.4, 0.5) is 0 Å². The molecule has 4 aliphatic heterocycles. The van der Waals surface area contributed by atoms with Crippen LogP contribution in [0.2, 0.25) is 0 Å². The van der Waals surface area contributed by atoms with E-state index in [1.807, 2.05) is 25.9 Å². The predicted octanol–water partition coefficient (Wildman–Crippen LogP) is -1.42. The number of rotatable bonds is 9. The molecule has 3 unspecified atom stereocenters. The lowest BCUT2D eigenvalue weighted by Gasteiger charge is -2.47. The molecule has 212 valence electrons. The second-order valence-corrected chi connectivity index (χ2v) is 12.4. The number of hydrogen-bond donors (Lipinski definition) is 3. The van der Waals surface area contributed by atoms with Gasteiger partial charge in [0.05, 0.1) is 18.0 Å². The third-order valence-electron chi connectivity index (χ3n) is 8.30. The maximum atomic E-state index is 13.2. The van der Waals surface area contributed by atoms with Crippen LogP contribution in [0.25, 0.3) is 0 Å². The number of fused-ring (bicyclic) bond motifs is 1. The number of tetrazole rings is 1. The van der Waals surface area contributed by atoms with Gasteiger partial charge in [0.25, 0.3) is 0 Å². The normalized spacial score (nSPS) is 31.1. The molecule has 39 heavy (non-hydrogen) atoms. The van der Waals surface area contributed by atoms with Gasteiger partial charge in [-0.15, -0.1) is 16.9 Å². The van der Waals surface area contributed by atoms with Gasteiger partial charge in [0.2, 0.25) is 17.7 Å². The van der Waals surface area contributed by atoms with Gasteiger partial charge in [-0.05, 0) is 44.3 Å². The zero-order valence-corrected chi connectivity index (χ0v) is 23.3. The molecular weight excluding hydrogens is 526 g/mol. The number of likely N-dealkylation sites (N-methyl/N-ethyl adjacent to an activating group) is 1. The molecule has 1 aromatic heterocycles. The first-order valence-corrected chi connectivity index (χ1v) is 14.1. The van der Waals surface area contributed by atoms with Crippen LogP contribution in [-0.4, -0.2) is 127 Å². The number of nitrogens with zero attached hydrogens (tertiary/aromatic N) is 7. The van der Waals surface area contributed by atoms with Crippen molar-refractivity contribution >= 4 is 35.5 Å². The Bertz CT molecular complexity index is 1170. The third-order valence-corrected chi connectivity index (χ3v) is 9.81. The number of β-lactam (4-membered cyclic amide) rings is 1. The molecule has 3 saturated heterocycles. The van der Waals surface area contributed by atoms with Gasteiger partial charge in [0.15, 0.2) is 0 Å². The maximum Gasteiger partial charge on any atom is 0.353 e. The number of nitrogens with one attached hydrogen (secondary N) is 2. The van der Waals surface area contributed by atoms with Crippen LogP contribution in [0.3, 0.4) is 0 Å². The van der Waals surface area contributed by atoms with Crippen molar-refractivity contribution in [3.8, 4) is 0 Å². The van der Waals surface area contributed by atoms with Crippen molar-refractivity contribution in [1.29, 1.82) is 0 Å². The summed E-state index contributed by atoms with van der Waals surface area (Å²) in [7, 11) is 4.05. The van der Waals surface area contributed by atoms with Crippen molar-refractivity contribution in [1.82, 2.24) is 45.5 Å².